The lowest BCUT2D eigenvalue weighted by Crippen LogP contribution is -2.16. The highest BCUT2D eigenvalue weighted by Gasteiger charge is 2.14. The van der Waals surface area contributed by atoms with Gasteiger partial charge in [0.1, 0.15) is 5.69 Å². The predicted octanol–water partition coefficient (Wildman–Crippen LogP) is 2.03. The van der Waals surface area contributed by atoms with Crippen LogP contribution in [0.25, 0.3) is 0 Å². The van der Waals surface area contributed by atoms with Crippen molar-refractivity contribution in [2.45, 2.75) is 26.8 Å². The van der Waals surface area contributed by atoms with Crippen LogP contribution < -0.4 is 11.1 Å². The van der Waals surface area contributed by atoms with E-state index < -0.39 is 0 Å². The van der Waals surface area contributed by atoms with Crippen LogP contribution >= 0.6 is 0 Å². The average Bonchev–Trinajstić information content (AvgIpc) is 2.86. The van der Waals surface area contributed by atoms with Crippen molar-refractivity contribution in [3.05, 3.63) is 29.7 Å². The molecule has 3 N–H and O–H groups in total. The molecule has 2 heterocycles. The van der Waals surface area contributed by atoms with E-state index in [4.69, 9.17) is 10.3 Å². The SMILES string of the molecule is CCCn1cc(N)cc1C(=O)Nc1cc(C)no1. The third-order valence-corrected chi connectivity index (χ3v) is 2.48. The molecule has 2 rings (SSSR count). The molecule has 2 aromatic heterocycles. The second-order valence-corrected chi connectivity index (χ2v) is 4.14. The zero-order valence-electron chi connectivity index (χ0n) is 10.4. The lowest BCUT2D eigenvalue weighted by atomic mass is 10.3. The number of rotatable bonds is 4. The Labute approximate surface area is 105 Å². The summed E-state index contributed by atoms with van der Waals surface area (Å²) >= 11 is 0. The molecular weight excluding hydrogens is 232 g/mol. The molecule has 0 atom stereocenters. The van der Waals surface area contributed by atoms with Gasteiger partial charge in [-0.3, -0.25) is 10.1 Å². The van der Waals surface area contributed by atoms with Crippen molar-refractivity contribution in [1.82, 2.24) is 9.72 Å². The van der Waals surface area contributed by atoms with Crippen LogP contribution in [0.2, 0.25) is 0 Å². The lowest BCUT2D eigenvalue weighted by molar-refractivity contribution is 0.101. The normalized spacial score (nSPS) is 10.6. The number of anilines is 2. The number of carbonyl (C=O) groups excluding carboxylic acids is 1. The fourth-order valence-corrected chi connectivity index (χ4v) is 1.75. The Hall–Kier alpha value is -2.24. The molecule has 0 spiro atoms. The maximum atomic E-state index is 12.1. The van der Waals surface area contributed by atoms with Crippen LogP contribution in [-0.4, -0.2) is 15.6 Å². The van der Waals surface area contributed by atoms with Crippen LogP contribution in [0.15, 0.2) is 22.9 Å². The van der Waals surface area contributed by atoms with Crippen LogP contribution in [0, 0.1) is 6.92 Å². The number of amides is 1. The Bertz CT molecular complexity index is 556. The van der Waals surface area contributed by atoms with Gasteiger partial charge in [-0.25, -0.2) is 0 Å². The van der Waals surface area contributed by atoms with Crippen LogP contribution in [0.3, 0.4) is 0 Å². The molecule has 0 aliphatic heterocycles. The highest BCUT2D eigenvalue weighted by atomic mass is 16.5. The zero-order valence-corrected chi connectivity index (χ0v) is 10.4. The minimum atomic E-state index is -0.253. The van der Waals surface area contributed by atoms with E-state index in [1.165, 1.54) is 0 Å². The summed E-state index contributed by atoms with van der Waals surface area (Å²) in [5.41, 5.74) is 7.51. The van der Waals surface area contributed by atoms with E-state index in [1.807, 2.05) is 11.5 Å². The minimum Gasteiger partial charge on any atom is -0.397 e. The molecular formula is C12H16N4O2. The van der Waals surface area contributed by atoms with Gasteiger partial charge >= 0.3 is 0 Å². The van der Waals surface area contributed by atoms with Crippen LogP contribution in [0.4, 0.5) is 11.6 Å². The van der Waals surface area contributed by atoms with E-state index in [0.29, 0.717) is 23.0 Å². The molecule has 1 amide bonds. The first-order chi connectivity index (χ1) is 8.60. The topological polar surface area (TPSA) is 86.1 Å². The Morgan fingerprint density at radius 2 is 2.33 bits per heavy atom. The van der Waals surface area contributed by atoms with E-state index in [1.54, 1.807) is 25.3 Å². The summed E-state index contributed by atoms with van der Waals surface area (Å²) in [6.07, 6.45) is 2.68. The van der Waals surface area contributed by atoms with Gasteiger partial charge in [-0.2, -0.15) is 0 Å². The number of nitrogens with one attached hydrogen (secondary N) is 1. The summed E-state index contributed by atoms with van der Waals surface area (Å²) in [5, 5.41) is 6.35. The standard InChI is InChI=1S/C12H16N4O2/c1-3-4-16-7-9(13)6-10(16)12(17)14-11-5-8(2)15-18-11/h5-7H,3-4,13H2,1-2H3,(H,14,17). The molecule has 2 aromatic rings. The van der Waals surface area contributed by atoms with Gasteiger partial charge in [-0.05, 0) is 19.4 Å². The third-order valence-electron chi connectivity index (χ3n) is 2.48. The van der Waals surface area contributed by atoms with Crippen molar-refractivity contribution in [3.63, 3.8) is 0 Å². The number of nitrogens with two attached hydrogens (primary N) is 1. The van der Waals surface area contributed by atoms with Gasteiger partial charge in [0, 0.05) is 18.8 Å². The van der Waals surface area contributed by atoms with Gasteiger partial charge in [-0.1, -0.05) is 12.1 Å². The zero-order chi connectivity index (χ0) is 13.1. The molecule has 6 nitrogen and oxygen atoms in total. The second kappa shape index (κ2) is 4.95. The van der Waals surface area contributed by atoms with E-state index in [2.05, 4.69) is 10.5 Å². The number of nitrogen functional groups attached to an aromatic ring is 1. The van der Waals surface area contributed by atoms with Crippen molar-refractivity contribution in [2.75, 3.05) is 11.1 Å². The van der Waals surface area contributed by atoms with Crippen molar-refractivity contribution >= 4 is 17.5 Å². The Balaban J connectivity index is 2.17. The molecule has 18 heavy (non-hydrogen) atoms. The monoisotopic (exact) mass is 248 g/mol. The van der Waals surface area contributed by atoms with Crippen molar-refractivity contribution < 1.29 is 9.32 Å². The summed E-state index contributed by atoms with van der Waals surface area (Å²) in [4.78, 5) is 12.1. The number of nitrogens with zero attached hydrogens (tertiary/aromatic N) is 2. The first kappa shape index (κ1) is 12.2. The summed E-state index contributed by atoms with van der Waals surface area (Å²) in [7, 11) is 0. The summed E-state index contributed by atoms with van der Waals surface area (Å²) in [6, 6.07) is 3.31. The molecule has 0 saturated heterocycles. The van der Waals surface area contributed by atoms with E-state index in [0.717, 1.165) is 13.0 Å². The van der Waals surface area contributed by atoms with E-state index in [-0.39, 0.29) is 5.91 Å². The highest BCUT2D eigenvalue weighted by Crippen LogP contribution is 2.15. The summed E-state index contributed by atoms with van der Waals surface area (Å²) in [6.45, 7) is 4.57. The molecule has 0 saturated carbocycles. The summed E-state index contributed by atoms with van der Waals surface area (Å²) < 4.78 is 6.77. The van der Waals surface area contributed by atoms with Gasteiger partial charge < -0.3 is 14.8 Å². The molecule has 0 fully saturated rings. The molecule has 0 radical (unpaired) electrons. The molecule has 0 bridgehead atoms. The molecule has 96 valence electrons. The Morgan fingerprint density at radius 1 is 1.56 bits per heavy atom. The number of aryl methyl sites for hydroxylation is 2. The maximum Gasteiger partial charge on any atom is 0.274 e. The van der Waals surface area contributed by atoms with Gasteiger partial charge in [0.15, 0.2) is 0 Å². The van der Waals surface area contributed by atoms with Crippen LogP contribution in [-0.2, 0) is 6.54 Å². The van der Waals surface area contributed by atoms with Crippen molar-refractivity contribution in [3.8, 4) is 0 Å². The number of aromatic nitrogens is 2. The first-order valence-electron chi connectivity index (χ1n) is 5.80. The fraction of sp³-hybridized carbons (Fsp3) is 0.333. The molecule has 0 unspecified atom stereocenters. The quantitative estimate of drug-likeness (QED) is 0.866. The van der Waals surface area contributed by atoms with Gasteiger partial charge in [0.05, 0.1) is 11.4 Å². The average molecular weight is 248 g/mol. The number of hydrogen-bond acceptors (Lipinski definition) is 4. The van der Waals surface area contributed by atoms with Gasteiger partial charge in [0.2, 0.25) is 5.88 Å². The van der Waals surface area contributed by atoms with Gasteiger partial charge in [0.25, 0.3) is 5.91 Å². The number of hydrogen-bond donors (Lipinski definition) is 2. The minimum absolute atomic E-state index is 0.253. The first-order valence-corrected chi connectivity index (χ1v) is 5.80. The van der Waals surface area contributed by atoms with E-state index in [9.17, 15) is 4.79 Å². The third kappa shape index (κ3) is 2.53. The highest BCUT2D eigenvalue weighted by molar-refractivity contribution is 6.03. The number of carbonyl (C=O) groups is 1. The van der Waals surface area contributed by atoms with Crippen molar-refractivity contribution in [2.24, 2.45) is 0 Å². The smallest absolute Gasteiger partial charge is 0.274 e. The van der Waals surface area contributed by atoms with Crippen LogP contribution in [0.5, 0.6) is 0 Å². The predicted molar refractivity (Wildman–Crippen MR) is 68.3 cm³/mol. The molecule has 0 aliphatic carbocycles. The molecule has 0 aromatic carbocycles. The second-order valence-electron chi connectivity index (χ2n) is 4.14. The molecule has 6 heteroatoms. The largest absolute Gasteiger partial charge is 0.397 e. The summed E-state index contributed by atoms with van der Waals surface area (Å²) in [5.74, 6) is 0.0802. The Kier molecular flexibility index (Phi) is 3.36. The van der Waals surface area contributed by atoms with Crippen LogP contribution in [0.1, 0.15) is 29.5 Å². The van der Waals surface area contributed by atoms with E-state index >= 15 is 0 Å². The lowest BCUT2D eigenvalue weighted by Gasteiger charge is -2.06. The van der Waals surface area contributed by atoms with Crippen molar-refractivity contribution in [1.29, 1.82) is 0 Å². The van der Waals surface area contributed by atoms with Gasteiger partial charge in [-0.15, -0.1) is 0 Å². The Morgan fingerprint density at radius 3 is 2.94 bits per heavy atom. The fourth-order valence-electron chi connectivity index (χ4n) is 1.75. The molecule has 0 aliphatic rings. The maximum absolute atomic E-state index is 12.1.